The van der Waals surface area contributed by atoms with Crippen LogP contribution in [0, 0.1) is 20.8 Å². The lowest BCUT2D eigenvalue weighted by atomic mass is 10.1. The largest absolute Gasteiger partial charge is 0.464 e. The fourth-order valence-electron chi connectivity index (χ4n) is 3.60. The van der Waals surface area contributed by atoms with Gasteiger partial charge in [-0.3, -0.25) is 9.59 Å². The summed E-state index contributed by atoms with van der Waals surface area (Å²) in [4.78, 5) is 33.4. The first kappa shape index (κ1) is 21.4. The lowest BCUT2D eigenvalue weighted by Gasteiger charge is -2.14. The van der Waals surface area contributed by atoms with Gasteiger partial charge in [0, 0.05) is 16.6 Å². The normalized spacial score (nSPS) is 12.3. The number of H-pyrrole nitrogens is 1. The van der Waals surface area contributed by atoms with E-state index in [1.165, 1.54) is 28.7 Å². The maximum Gasteiger partial charge on any atom is 0.260 e. The van der Waals surface area contributed by atoms with Gasteiger partial charge < -0.3 is 14.7 Å². The van der Waals surface area contributed by atoms with Gasteiger partial charge >= 0.3 is 0 Å². The van der Waals surface area contributed by atoms with Gasteiger partial charge in [-0.15, -0.1) is 23.1 Å². The molecule has 6 nitrogen and oxygen atoms in total. The lowest BCUT2D eigenvalue weighted by molar-refractivity contribution is -0.113. The fourth-order valence-corrected chi connectivity index (χ4v) is 5.28. The zero-order valence-corrected chi connectivity index (χ0v) is 19.4. The minimum Gasteiger partial charge on any atom is -0.464 e. The highest BCUT2D eigenvalue weighted by atomic mass is 32.2. The molecule has 1 unspecified atom stereocenters. The number of carbonyl (C=O) groups excluding carboxylic acids is 1. The van der Waals surface area contributed by atoms with Crippen molar-refractivity contribution in [1.82, 2.24) is 9.97 Å². The molecule has 3 aromatic heterocycles. The Morgan fingerprint density at radius 1 is 1.29 bits per heavy atom. The SMILES string of the molecule is Cc1cc(C)c(NC(=O)CSC(C)c2nc3scc(-c4ccco4)c3c(=O)[nH]2)c(C)c1. The lowest BCUT2D eigenvalue weighted by Crippen LogP contribution is -2.17. The predicted octanol–water partition coefficient (Wildman–Crippen LogP) is 5.60. The first-order valence-corrected chi connectivity index (χ1v) is 11.8. The molecule has 0 bridgehead atoms. The topological polar surface area (TPSA) is 88.0 Å². The molecule has 1 atom stereocenters. The van der Waals surface area contributed by atoms with Crippen LogP contribution in [0.25, 0.3) is 21.5 Å². The number of aromatic nitrogens is 2. The molecule has 0 aliphatic rings. The van der Waals surface area contributed by atoms with Gasteiger partial charge in [-0.2, -0.15) is 0 Å². The number of anilines is 1. The standard InChI is InChI=1S/C23H23N3O3S2/c1-12-8-13(2)20(14(3)9-12)24-18(27)11-30-15(4)21-25-22(28)19-16(10-31-23(19)26-21)17-6-5-7-29-17/h5-10,15H,11H2,1-4H3,(H,24,27)(H,25,26,28). The third-order valence-corrected chi connectivity index (χ3v) is 7.06. The van der Waals surface area contributed by atoms with Crippen LogP contribution in [-0.2, 0) is 4.79 Å². The Labute approximate surface area is 188 Å². The molecule has 0 aliphatic heterocycles. The van der Waals surface area contributed by atoms with Crippen molar-refractivity contribution in [3.05, 3.63) is 68.8 Å². The van der Waals surface area contributed by atoms with Gasteiger partial charge in [0.1, 0.15) is 16.4 Å². The van der Waals surface area contributed by atoms with Crippen LogP contribution in [0.15, 0.2) is 45.1 Å². The molecular formula is C23H23N3O3S2. The van der Waals surface area contributed by atoms with Crippen LogP contribution in [0.3, 0.4) is 0 Å². The van der Waals surface area contributed by atoms with Crippen LogP contribution in [0.2, 0.25) is 0 Å². The second-order valence-corrected chi connectivity index (χ2v) is 9.72. The van der Waals surface area contributed by atoms with Crippen molar-refractivity contribution in [3.63, 3.8) is 0 Å². The average Bonchev–Trinajstić information content (AvgIpc) is 3.38. The molecular weight excluding hydrogens is 430 g/mol. The summed E-state index contributed by atoms with van der Waals surface area (Å²) < 4.78 is 5.43. The Bertz CT molecular complexity index is 1280. The van der Waals surface area contributed by atoms with E-state index in [1.54, 1.807) is 12.3 Å². The Kier molecular flexibility index (Phi) is 6.02. The molecule has 8 heteroatoms. The maximum absolute atomic E-state index is 12.7. The summed E-state index contributed by atoms with van der Waals surface area (Å²) in [5.74, 6) is 1.39. The van der Waals surface area contributed by atoms with Gasteiger partial charge in [0.25, 0.3) is 5.56 Å². The van der Waals surface area contributed by atoms with Gasteiger partial charge in [0.05, 0.1) is 22.7 Å². The summed E-state index contributed by atoms with van der Waals surface area (Å²) in [6.07, 6.45) is 1.58. The zero-order chi connectivity index (χ0) is 22.1. The molecule has 4 aromatic rings. The number of benzene rings is 1. The van der Waals surface area contributed by atoms with E-state index in [4.69, 9.17) is 4.42 Å². The Balaban J connectivity index is 1.47. The van der Waals surface area contributed by atoms with Gasteiger partial charge in [0.2, 0.25) is 5.91 Å². The van der Waals surface area contributed by atoms with E-state index in [1.807, 2.05) is 39.1 Å². The van der Waals surface area contributed by atoms with Crippen molar-refractivity contribution >= 4 is 44.9 Å². The van der Waals surface area contributed by atoms with Crippen LogP contribution in [-0.4, -0.2) is 21.6 Å². The number of rotatable bonds is 6. The third-order valence-electron chi connectivity index (χ3n) is 5.04. The molecule has 0 aliphatic carbocycles. The molecule has 3 heterocycles. The monoisotopic (exact) mass is 453 g/mol. The minimum atomic E-state index is -0.199. The van der Waals surface area contributed by atoms with E-state index in [2.05, 4.69) is 27.4 Å². The van der Waals surface area contributed by atoms with E-state index < -0.39 is 0 Å². The van der Waals surface area contributed by atoms with Gasteiger partial charge in [-0.05, 0) is 51.0 Å². The molecule has 31 heavy (non-hydrogen) atoms. The number of thiophene rings is 1. The number of nitrogens with zero attached hydrogens (tertiary/aromatic N) is 1. The Morgan fingerprint density at radius 3 is 2.71 bits per heavy atom. The van der Waals surface area contributed by atoms with Gasteiger partial charge in [0.15, 0.2) is 0 Å². The van der Waals surface area contributed by atoms with Crippen molar-refractivity contribution in [2.45, 2.75) is 32.9 Å². The molecule has 2 N–H and O–H groups in total. The minimum absolute atomic E-state index is 0.0773. The van der Waals surface area contributed by atoms with Gasteiger partial charge in [-0.1, -0.05) is 17.7 Å². The highest BCUT2D eigenvalue weighted by Gasteiger charge is 2.18. The molecule has 0 radical (unpaired) electrons. The van der Waals surface area contributed by atoms with Crippen LogP contribution in [0.4, 0.5) is 5.69 Å². The maximum atomic E-state index is 12.7. The highest BCUT2D eigenvalue weighted by Crippen LogP contribution is 2.33. The van der Waals surface area contributed by atoms with E-state index in [-0.39, 0.29) is 22.5 Å². The van der Waals surface area contributed by atoms with Crippen LogP contribution in [0.5, 0.6) is 0 Å². The van der Waals surface area contributed by atoms with E-state index >= 15 is 0 Å². The summed E-state index contributed by atoms with van der Waals surface area (Å²) in [7, 11) is 0. The number of furan rings is 1. The number of fused-ring (bicyclic) bond motifs is 1. The summed E-state index contributed by atoms with van der Waals surface area (Å²) in [6.45, 7) is 7.96. The second-order valence-electron chi connectivity index (χ2n) is 7.53. The molecule has 0 fully saturated rings. The van der Waals surface area contributed by atoms with Crippen LogP contribution >= 0.6 is 23.1 Å². The molecule has 4 rings (SSSR count). The smallest absolute Gasteiger partial charge is 0.260 e. The molecule has 0 saturated heterocycles. The summed E-state index contributed by atoms with van der Waals surface area (Å²) >= 11 is 2.84. The van der Waals surface area contributed by atoms with E-state index in [0.29, 0.717) is 21.8 Å². The van der Waals surface area contributed by atoms with E-state index in [0.717, 1.165) is 22.4 Å². The number of amides is 1. The summed E-state index contributed by atoms with van der Waals surface area (Å²) in [5, 5.41) is 5.28. The van der Waals surface area contributed by atoms with Crippen molar-refractivity contribution < 1.29 is 9.21 Å². The Morgan fingerprint density at radius 2 is 2.03 bits per heavy atom. The van der Waals surface area contributed by atoms with Crippen molar-refractivity contribution in [3.8, 4) is 11.3 Å². The fraction of sp³-hybridized carbons (Fsp3) is 0.261. The molecule has 160 valence electrons. The molecule has 1 amide bonds. The molecule has 0 spiro atoms. The number of carbonyl (C=O) groups is 1. The van der Waals surface area contributed by atoms with Crippen molar-refractivity contribution in [2.75, 3.05) is 11.1 Å². The zero-order valence-electron chi connectivity index (χ0n) is 17.7. The number of aromatic amines is 1. The number of hydrogen-bond donors (Lipinski definition) is 2. The number of nitrogens with one attached hydrogen (secondary N) is 2. The van der Waals surface area contributed by atoms with Crippen molar-refractivity contribution in [1.29, 1.82) is 0 Å². The number of thioether (sulfide) groups is 1. The first-order chi connectivity index (χ1) is 14.8. The summed E-state index contributed by atoms with van der Waals surface area (Å²) in [6, 6.07) is 7.72. The number of aryl methyl sites for hydroxylation is 3. The first-order valence-electron chi connectivity index (χ1n) is 9.88. The average molecular weight is 454 g/mol. The second kappa shape index (κ2) is 8.72. The van der Waals surface area contributed by atoms with Crippen molar-refractivity contribution in [2.24, 2.45) is 0 Å². The number of hydrogen-bond acceptors (Lipinski definition) is 6. The van der Waals surface area contributed by atoms with E-state index in [9.17, 15) is 9.59 Å². The highest BCUT2D eigenvalue weighted by molar-refractivity contribution is 8.00. The summed E-state index contributed by atoms with van der Waals surface area (Å²) in [5.41, 5.74) is 4.67. The van der Waals surface area contributed by atoms with Gasteiger partial charge in [-0.25, -0.2) is 4.98 Å². The van der Waals surface area contributed by atoms with Crippen LogP contribution < -0.4 is 10.9 Å². The quantitative estimate of drug-likeness (QED) is 0.397. The Hall–Kier alpha value is -2.84. The van der Waals surface area contributed by atoms with Crippen LogP contribution in [0.1, 0.15) is 34.7 Å². The molecule has 1 aromatic carbocycles. The third kappa shape index (κ3) is 4.45. The molecule has 0 saturated carbocycles. The predicted molar refractivity (Wildman–Crippen MR) is 128 cm³/mol.